The third-order valence-corrected chi connectivity index (χ3v) is 1.68. The molecule has 0 rings (SSSR count). The van der Waals surface area contributed by atoms with Crippen LogP contribution in [0, 0.1) is 12.3 Å². The van der Waals surface area contributed by atoms with E-state index >= 15 is 0 Å². The first-order valence-electron chi connectivity index (χ1n) is 3.91. The first kappa shape index (κ1) is 11.2. The molecule has 0 aromatic rings. The number of rotatable bonds is 5. The van der Waals surface area contributed by atoms with Gasteiger partial charge in [0.15, 0.2) is 0 Å². The van der Waals surface area contributed by atoms with Crippen LogP contribution >= 0.6 is 0 Å². The van der Waals surface area contributed by atoms with E-state index in [-0.39, 0.29) is 12.2 Å². The van der Waals surface area contributed by atoms with Gasteiger partial charge in [0.05, 0.1) is 6.42 Å². The highest BCUT2D eigenvalue weighted by Crippen LogP contribution is 1.93. The van der Waals surface area contributed by atoms with Gasteiger partial charge in [-0.2, -0.15) is 0 Å². The zero-order valence-corrected chi connectivity index (χ0v) is 7.58. The van der Waals surface area contributed by atoms with Gasteiger partial charge in [-0.15, -0.1) is 6.42 Å². The second kappa shape index (κ2) is 5.81. The van der Waals surface area contributed by atoms with Gasteiger partial charge < -0.3 is 9.83 Å². The van der Waals surface area contributed by atoms with Gasteiger partial charge in [-0.25, -0.2) is 0 Å². The van der Waals surface area contributed by atoms with Crippen LogP contribution in [0.4, 0.5) is 0 Å². The van der Waals surface area contributed by atoms with Gasteiger partial charge in [0.1, 0.15) is 5.78 Å². The molecule has 0 aliphatic carbocycles. The van der Waals surface area contributed by atoms with Crippen molar-refractivity contribution in [1.82, 2.24) is 4.81 Å². The van der Waals surface area contributed by atoms with Crippen LogP contribution in [0.15, 0.2) is 0 Å². The van der Waals surface area contributed by atoms with Crippen molar-refractivity contribution >= 4 is 12.8 Å². The number of nitrogens with zero attached hydrogens (tertiary/aromatic N) is 1. The van der Waals surface area contributed by atoms with E-state index in [9.17, 15) is 4.79 Å². The Bertz CT molecular complexity index is 186. The standard InChI is InChI=1S/C8H14BNO2/c1-4-5-8(11)6-7-10(3)9(2)12/h1,12H,5-7H2,2-3H3. The molecule has 0 atom stereocenters. The SMILES string of the molecule is C#CCC(=O)CCN(C)B(C)O. The van der Waals surface area contributed by atoms with E-state index in [2.05, 4.69) is 5.92 Å². The molecule has 0 aliphatic rings. The van der Waals surface area contributed by atoms with E-state index in [1.54, 1.807) is 18.7 Å². The lowest BCUT2D eigenvalue weighted by Crippen LogP contribution is -2.34. The zero-order chi connectivity index (χ0) is 9.56. The smallest absolute Gasteiger partial charge is 0.376 e. The lowest BCUT2D eigenvalue weighted by atomic mass is 9.85. The summed E-state index contributed by atoms with van der Waals surface area (Å²) in [6.07, 6.45) is 5.56. The Morgan fingerprint density at radius 2 is 2.33 bits per heavy atom. The molecule has 4 heteroatoms. The predicted molar refractivity (Wildman–Crippen MR) is 49.5 cm³/mol. The minimum absolute atomic E-state index is 0.0463. The van der Waals surface area contributed by atoms with Gasteiger partial charge in [0, 0.05) is 6.42 Å². The number of carbonyl (C=O) groups is 1. The molecule has 0 bridgehead atoms. The van der Waals surface area contributed by atoms with Crippen molar-refractivity contribution in [2.24, 2.45) is 0 Å². The molecule has 0 aromatic carbocycles. The van der Waals surface area contributed by atoms with Crippen LogP contribution in [-0.2, 0) is 4.79 Å². The molecule has 0 fully saturated rings. The number of Topliss-reactive ketones (excluding diaryl/α,β-unsaturated/α-hetero) is 1. The molecular weight excluding hydrogens is 153 g/mol. The molecule has 0 aromatic heterocycles. The zero-order valence-electron chi connectivity index (χ0n) is 7.58. The molecule has 0 amide bonds. The van der Waals surface area contributed by atoms with Crippen LogP contribution in [-0.4, -0.2) is 36.3 Å². The van der Waals surface area contributed by atoms with Crippen molar-refractivity contribution in [2.75, 3.05) is 13.6 Å². The quantitative estimate of drug-likeness (QED) is 0.463. The number of ketones is 1. The summed E-state index contributed by atoms with van der Waals surface area (Å²) in [4.78, 5) is 12.6. The van der Waals surface area contributed by atoms with E-state index in [1.165, 1.54) is 0 Å². The summed E-state index contributed by atoms with van der Waals surface area (Å²) in [5, 5.41) is 9.04. The fraction of sp³-hybridized carbons (Fsp3) is 0.625. The molecule has 1 N–H and O–H groups in total. The molecule has 0 aliphatic heterocycles. The molecule has 0 spiro atoms. The average Bonchev–Trinajstić information content (AvgIpc) is 2.00. The van der Waals surface area contributed by atoms with E-state index in [4.69, 9.17) is 11.4 Å². The van der Waals surface area contributed by atoms with Crippen molar-refractivity contribution in [2.45, 2.75) is 19.7 Å². The largest absolute Gasteiger partial charge is 0.437 e. The molecule has 0 radical (unpaired) electrons. The monoisotopic (exact) mass is 167 g/mol. The second-order valence-electron chi connectivity index (χ2n) is 2.78. The molecule has 66 valence electrons. The maximum Gasteiger partial charge on any atom is 0.376 e. The number of hydrogen-bond acceptors (Lipinski definition) is 3. The molecule has 0 unspecified atom stereocenters. The van der Waals surface area contributed by atoms with Crippen LogP contribution in [0.3, 0.4) is 0 Å². The predicted octanol–water partition coefficient (Wildman–Crippen LogP) is 0.0110. The summed E-state index contributed by atoms with van der Waals surface area (Å²) >= 11 is 0. The Morgan fingerprint density at radius 1 is 1.75 bits per heavy atom. The van der Waals surface area contributed by atoms with Crippen molar-refractivity contribution in [3.63, 3.8) is 0 Å². The highest BCUT2D eigenvalue weighted by atomic mass is 16.2. The first-order valence-corrected chi connectivity index (χ1v) is 3.91. The maximum atomic E-state index is 10.9. The van der Waals surface area contributed by atoms with Gasteiger partial charge in [0.25, 0.3) is 0 Å². The lowest BCUT2D eigenvalue weighted by molar-refractivity contribution is -0.118. The highest BCUT2D eigenvalue weighted by Gasteiger charge is 2.11. The van der Waals surface area contributed by atoms with E-state index in [1.807, 2.05) is 0 Å². The van der Waals surface area contributed by atoms with E-state index < -0.39 is 7.05 Å². The maximum absolute atomic E-state index is 10.9. The minimum Gasteiger partial charge on any atom is -0.437 e. The molecule has 0 saturated heterocycles. The summed E-state index contributed by atoms with van der Waals surface area (Å²) < 4.78 is 0. The van der Waals surface area contributed by atoms with Crippen LogP contribution in [0.25, 0.3) is 0 Å². The molecule has 0 saturated carbocycles. The van der Waals surface area contributed by atoms with Crippen LogP contribution < -0.4 is 0 Å². The third-order valence-electron chi connectivity index (χ3n) is 1.68. The topological polar surface area (TPSA) is 40.5 Å². The Labute approximate surface area is 73.9 Å². The molecule has 0 heterocycles. The highest BCUT2D eigenvalue weighted by molar-refractivity contribution is 6.45. The molecule has 3 nitrogen and oxygen atoms in total. The van der Waals surface area contributed by atoms with Crippen molar-refractivity contribution in [3.8, 4) is 12.3 Å². The van der Waals surface area contributed by atoms with Crippen molar-refractivity contribution < 1.29 is 9.82 Å². The summed E-state index contributed by atoms with van der Waals surface area (Å²) in [5.41, 5.74) is 0. The van der Waals surface area contributed by atoms with Gasteiger partial charge >= 0.3 is 7.05 Å². The fourth-order valence-electron chi connectivity index (χ4n) is 0.690. The van der Waals surface area contributed by atoms with Crippen LogP contribution in [0.2, 0.25) is 6.82 Å². The minimum atomic E-state index is -0.511. The van der Waals surface area contributed by atoms with Gasteiger partial charge in [-0.3, -0.25) is 4.79 Å². The van der Waals surface area contributed by atoms with Gasteiger partial charge in [-0.05, 0) is 20.4 Å². The Hall–Kier alpha value is -0.785. The summed E-state index contributed by atoms with van der Waals surface area (Å²) in [6, 6.07) is 0. The average molecular weight is 167 g/mol. The lowest BCUT2D eigenvalue weighted by Gasteiger charge is -2.15. The Balaban J connectivity index is 3.55. The number of terminal acetylenes is 1. The van der Waals surface area contributed by atoms with Gasteiger partial charge in [-0.1, -0.05) is 5.92 Å². The van der Waals surface area contributed by atoms with E-state index in [0.29, 0.717) is 13.0 Å². The van der Waals surface area contributed by atoms with Crippen LogP contribution in [0.5, 0.6) is 0 Å². The van der Waals surface area contributed by atoms with Crippen molar-refractivity contribution in [3.05, 3.63) is 0 Å². The molecule has 12 heavy (non-hydrogen) atoms. The summed E-state index contributed by atoms with van der Waals surface area (Å²) in [5.74, 6) is 2.34. The normalized spacial score (nSPS) is 9.58. The van der Waals surface area contributed by atoms with Gasteiger partial charge in [0.2, 0.25) is 0 Å². The van der Waals surface area contributed by atoms with E-state index in [0.717, 1.165) is 0 Å². The number of carbonyl (C=O) groups excluding carboxylic acids is 1. The summed E-state index contributed by atoms with van der Waals surface area (Å²) in [7, 11) is 1.25. The fourth-order valence-corrected chi connectivity index (χ4v) is 0.690. The van der Waals surface area contributed by atoms with Crippen LogP contribution in [0.1, 0.15) is 12.8 Å². The Morgan fingerprint density at radius 3 is 2.75 bits per heavy atom. The second-order valence-corrected chi connectivity index (χ2v) is 2.78. The third kappa shape index (κ3) is 4.94. The van der Waals surface area contributed by atoms with Crippen molar-refractivity contribution in [1.29, 1.82) is 0 Å². The number of hydrogen-bond donors (Lipinski definition) is 1. The molecular formula is C8H14BNO2. The first-order chi connectivity index (χ1) is 5.57. The summed E-state index contributed by atoms with van der Waals surface area (Å²) in [6.45, 7) is 2.21. The Kier molecular flexibility index (Phi) is 5.43.